The van der Waals surface area contributed by atoms with Crippen LogP contribution < -0.4 is 0 Å². The van der Waals surface area contributed by atoms with Gasteiger partial charge in [-0.3, -0.25) is 19.2 Å². The van der Waals surface area contributed by atoms with Crippen molar-refractivity contribution in [2.45, 2.75) is 97.7 Å². The quantitative estimate of drug-likeness (QED) is 0.260. The van der Waals surface area contributed by atoms with Gasteiger partial charge in [-0.25, -0.2) is 4.79 Å². The highest BCUT2D eigenvalue weighted by Crippen LogP contribution is 2.77. The number of Topliss-reactive ketones (excluding diaryl/α,β-unsaturated/α-hetero) is 1. The highest BCUT2D eigenvalue weighted by molar-refractivity contribution is 5.94. The van der Waals surface area contributed by atoms with Crippen LogP contribution in [-0.4, -0.2) is 60.7 Å². The van der Waals surface area contributed by atoms with Gasteiger partial charge in [-0.05, 0) is 18.9 Å². The Hall–Kier alpha value is -3.21. The van der Waals surface area contributed by atoms with E-state index in [1.165, 1.54) is 14.0 Å². The highest BCUT2D eigenvalue weighted by atomic mass is 16.6. The van der Waals surface area contributed by atoms with Crippen molar-refractivity contribution in [1.29, 1.82) is 0 Å². The van der Waals surface area contributed by atoms with E-state index >= 15 is 0 Å². The Bertz CT molecular complexity index is 1400. The second-order valence-electron chi connectivity index (χ2n) is 14.7. The van der Waals surface area contributed by atoms with E-state index in [1.807, 2.05) is 20.8 Å². The van der Waals surface area contributed by atoms with Crippen molar-refractivity contribution in [3.63, 3.8) is 0 Å². The maximum absolute atomic E-state index is 14.9. The van der Waals surface area contributed by atoms with Crippen LogP contribution >= 0.6 is 0 Å². The molecule has 0 amide bonds. The third-order valence-corrected chi connectivity index (χ3v) is 11.8. The molecule has 3 saturated carbocycles. The van der Waals surface area contributed by atoms with Gasteiger partial charge in [0.2, 0.25) is 6.10 Å². The molecule has 0 aromatic carbocycles. The predicted octanol–water partition coefficient (Wildman–Crippen LogP) is 3.97. The highest BCUT2D eigenvalue weighted by Gasteiger charge is 2.87. The molecule has 1 spiro atoms. The average molecular weight is 615 g/mol. The van der Waals surface area contributed by atoms with Crippen molar-refractivity contribution in [2.75, 3.05) is 7.11 Å². The van der Waals surface area contributed by atoms with Crippen LogP contribution in [0.15, 0.2) is 23.0 Å². The zero-order chi connectivity index (χ0) is 32.1. The lowest BCUT2D eigenvalue weighted by Crippen LogP contribution is -2.74. The molecule has 3 aliphatic carbocycles. The van der Waals surface area contributed by atoms with Gasteiger partial charge in [0, 0.05) is 46.5 Å². The Morgan fingerprint density at radius 3 is 2.34 bits per heavy atom. The first-order chi connectivity index (χ1) is 20.6. The van der Waals surface area contributed by atoms with Crippen LogP contribution in [0.3, 0.4) is 0 Å². The molecule has 1 aromatic heterocycles. The van der Waals surface area contributed by atoms with Crippen molar-refractivity contribution in [3.05, 3.63) is 24.2 Å². The number of carbonyl (C=O) groups is 5. The van der Waals surface area contributed by atoms with Gasteiger partial charge in [0.05, 0.1) is 37.9 Å². The fourth-order valence-electron chi connectivity index (χ4n) is 10.0. The smallest absolute Gasteiger partial charge is 0.347 e. The minimum absolute atomic E-state index is 0.0870. The maximum Gasteiger partial charge on any atom is 0.347 e. The number of ether oxygens (including phenoxy) is 5. The zero-order valence-electron chi connectivity index (χ0n) is 26.5. The molecule has 44 heavy (non-hydrogen) atoms. The van der Waals surface area contributed by atoms with Crippen LogP contribution in [0.2, 0.25) is 0 Å². The number of hydrogen-bond donors (Lipinski definition) is 0. The summed E-state index contributed by atoms with van der Waals surface area (Å²) in [7, 11) is 1.20. The van der Waals surface area contributed by atoms with Crippen molar-refractivity contribution >= 4 is 29.7 Å². The minimum atomic E-state index is -1.45. The van der Waals surface area contributed by atoms with Crippen molar-refractivity contribution in [2.24, 2.45) is 45.8 Å². The Kier molecular flexibility index (Phi) is 6.93. The number of esters is 4. The van der Waals surface area contributed by atoms with Crippen LogP contribution in [0.4, 0.5) is 0 Å². The zero-order valence-corrected chi connectivity index (χ0v) is 26.5. The van der Waals surface area contributed by atoms with Gasteiger partial charge in [0.25, 0.3) is 0 Å². The summed E-state index contributed by atoms with van der Waals surface area (Å²) in [6, 6.07) is 1.79. The van der Waals surface area contributed by atoms with Gasteiger partial charge in [0.15, 0.2) is 0 Å². The number of cyclic esters (lactones) is 1. The van der Waals surface area contributed by atoms with E-state index in [0.717, 1.165) is 5.56 Å². The SMILES string of the molecule is COC(=O)[C@H](OC(C)=O)[C@H]1C(C)(C)[C@H](OC(=O)C(C)C)[C@H]2C(=O)[C@]1(C)[C@H]1CC[C@]3(C)[C@@H](CC(=O)O[C@H]3c3ccoc3)[C@]13O[C@H]23. The lowest BCUT2D eigenvalue weighted by molar-refractivity contribution is -0.235. The standard InChI is InChI=1S/C33H42O11/c1-15(2)28(37)43-26-21-24(36)32(7,23(30(26,4)5)22(29(38)39-8)41-16(3)34)18-9-11-31(6)19(33(18)27(21)44-33)13-20(35)42-25(31)17-10-12-40-14-17/h10,12,14-15,18-19,21-23,25-27H,9,11,13H2,1-8H3/t18-,19-,21-,22-,23+,25+,26-,27-,31-,32-,33-/m1/s1. The van der Waals surface area contributed by atoms with Crippen molar-refractivity contribution in [1.82, 2.24) is 0 Å². The second kappa shape index (κ2) is 9.89. The van der Waals surface area contributed by atoms with E-state index in [0.29, 0.717) is 12.8 Å². The van der Waals surface area contributed by atoms with E-state index in [1.54, 1.807) is 32.4 Å². The normalized spacial score (nSPS) is 42.2. The molecule has 0 unspecified atom stereocenters. The minimum Gasteiger partial charge on any atom is -0.472 e. The summed E-state index contributed by atoms with van der Waals surface area (Å²) in [5.74, 6) is -5.60. The summed E-state index contributed by atoms with van der Waals surface area (Å²) >= 11 is 0. The average Bonchev–Trinajstić information content (AvgIpc) is 3.40. The molecule has 11 nitrogen and oxygen atoms in total. The number of carbonyl (C=O) groups excluding carboxylic acids is 5. The lowest BCUT2D eigenvalue weighted by atomic mass is 9.37. The summed E-state index contributed by atoms with van der Waals surface area (Å²) < 4.78 is 35.1. The summed E-state index contributed by atoms with van der Waals surface area (Å²) in [6.45, 7) is 12.2. The van der Waals surface area contributed by atoms with Gasteiger partial charge in [-0.15, -0.1) is 0 Å². The van der Waals surface area contributed by atoms with Gasteiger partial charge < -0.3 is 28.1 Å². The Morgan fingerprint density at radius 2 is 1.75 bits per heavy atom. The van der Waals surface area contributed by atoms with Crippen LogP contribution in [0.5, 0.6) is 0 Å². The molecular formula is C33H42O11. The molecule has 240 valence electrons. The first-order valence-electron chi connectivity index (χ1n) is 15.5. The summed E-state index contributed by atoms with van der Waals surface area (Å²) in [5.41, 5.74) is -3.03. The molecule has 5 aliphatic rings. The first-order valence-corrected chi connectivity index (χ1v) is 15.5. The van der Waals surface area contributed by atoms with Gasteiger partial charge in [-0.1, -0.05) is 41.5 Å². The number of epoxide rings is 1. The van der Waals surface area contributed by atoms with Crippen LogP contribution in [-0.2, 0) is 47.7 Å². The lowest BCUT2D eigenvalue weighted by Gasteiger charge is -2.65. The fraction of sp³-hybridized carbons (Fsp3) is 0.727. The number of furan rings is 1. The molecule has 3 heterocycles. The van der Waals surface area contributed by atoms with E-state index in [4.69, 9.17) is 28.1 Å². The molecule has 0 N–H and O–H groups in total. The third-order valence-electron chi connectivity index (χ3n) is 11.8. The van der Waals surface area contributed by atoms with E-state index in [2.05, 4.69) is 6.92 Å². The molecule has 1 aromatic rings. The molecule has 5 fully saturated rings. The molecule has 2 bridgehead atoms. The summed E-state index contributed by atoms with van der Waals surface area (Å²) in [6.07, 6.45) is 0.720. The first kappa shape index (κ1) is 30.8. The number of ketones is 1. The molecule has 0 radical (unpaired) electrons. The Morgan fingerprint density at radius 1 is 1.05 bits per heavy atom. The predicted molar refractivity (Wildman–Crippen MR) is 150 cm³/mol. The molecule has 2 aliphatic heterocycles. The Labute approximate surface area is 256 Å². The largest absolute Gasteiger partial charge is 0.472 e. The van der Waals surface area contributed by atoms with Gasteiger partial charge in [-0.2, -0.15) is 0 Å². The second-order valence-corrected chi connectivity index (χ2v) is 14.7. The topological polar surface area (TPSA) is 148 Å². The summed E-state index contributed by atoms with van der Waals surface area (Å²) in [5, 5.41) is 0. The fourth-order valence-corrected chi connectivity index (χ4v) is 10.0. The molecular weight excluding hydrogens is 572 g/mol. The number of rotatable bonds is 6. The summed E-state index contributed by atoms with van der Waals surface area (Å²) in [4.78, 5) is 67.1. The monoisotopic (exact) mass is 614 g/mol. The Balaban J connectivity index is 1.54. The van der Waals surface area contributed by atoms with Crippen LogP contribution in [0.1, 0.15) is 79.4 Å². The van der Waals surface area contributed by atoms with Gasteiger partial charge >= 0.3 is 23.9 Å². The molecule has 6 rings (SSSR count). The molecule has 11 atom stereocenters. The molecule has 11 heteroatoms. The number of methoxy groups -OCH3 is 1. The van der Waals surface area contributed by atoms with E-state index in [-0.39, 0.29) is 24.1 Å². The third kappa shape index (κ3) is 3.93. The number of fused-ring (bicyclic) bond motifs is 5. The van der Waals surface area contributed by atoms with Crippen LogP contribution in [0.25, 0.3) is 0 Å². The molecule has 2 saturated heterocycles. The number of hydrogen-bond acceptors (Lipinski definition) is 11. The van der Waals surface area contributed by atoms with Crippen molar-refractivity contribution < 1.29 is 52.1 Å². The van der Waals surface area contributed by atoms with E-state index in [9.17, 15) is 24.0 Å². The van der Waals surface area contributed by atoms with Gasteiger partial charge in [0.1, 0.15) is 29.7 Å². The van der Waals surface area contributed by atoms with Crippen molar-refractivity contribution in [3.8, 4) is 0 Å². The van der Waals surface area contributed by atoms with Crippen LogP contribution in [0, 0.1) is 45.8 Å². The van der Waals surface area contributed by atoms with E-state index < -0.39 is 87.8 Å². The maximum atomic E-state index is 14.9.